The van der Waals surface area contributed by atoms with Crippen molar-refractivity contribution in [2.75, 3.05) is 26.8 Å². The molecule has 9 nitrogen and oxygen atoms in total. The SMILES string of the molecule is COc1ccc(OC)c(C(=O)CSc2nnnn2Cc2ccc3c(c2)OCO3)c1. The Morgan fingerprint density at radius 2 is 2.00 bits per heavy atom. The van der Waals surface area contributed by atoms with Gasteiger partial charge in [-0.15, -0.1) is 5.10 Å². The van der Waals surface area contributed by atoms with Gasteiger partial charge in [0.2, 0.25) is 11.9 Å². The lowest BCUT2D eigenvalue weighted by atomic mass is 10.1. The van der Waals surface area contributed by atoms with Gasteiger partial charge in [0.25, 0.3) is 0 Å². The van der Waals surface area contributed by atoms with E-state index in [2.05, 4.69) is 15.5 Å². The number of carbonyl (C=O) groups excluding carboxylic acids is 1. The molecule has 0 amide bonds. The molecule has 0 N–H and O–H groups in total. The normalized spacial score (nSPS) is 12.1. The fourth-order valence-electron chi connectivity index (χ4n) is 2.85. The molecule has 1 aliphatic rings. The van der Waals surface area contributed by atoms with Crippen LogP contribution < -0.4 is 18.9 Å². The first-order valence-electron chi connectivity index (χ1n) is 8.70. The average Bonchev–Trinajstić information content (AvgIpc) is 3.40. The van der Waals surface area contributed by atoms with Gasteiger partial charge in [-0.1, -0.05) is 17.8 Å². The van der Waals surface area contributed by atoms with Crippen molar-refractivity contribution in [2.24, 2.45) is 0 Å². The summed E-state index contributed by atoms with van der Waals surface area (Å²) in [5.74, 6) is 2.56. The van der Waals surface area contributed by atoms with E-state index in [0.717, 1.165) is 11.3 Å². The number of ether oxygens (including phenoxy) is 4. The Bertz CT molecular complexity index is 1040. The van der Waals surface area contributed by atoms with Gasteiger partial charge in [-0.05, 0) is 46.3 Å². The van der Waals surface area contributed by atoms with E-state index in [1.807, 2.05) is 18.2 Å². The van der Waals surface area contributed by atoms with Crippen LogP contribution in [0, 0.1) is 0 Å². The van der Waals surface area contributed by atoms with E-state index in [9.17, 15) is 4.79 Å². The summed E-state index contributed by atoms with van der Waals surface area (Å²) >= 11 is 1.26. The maximum absolute atomic E-state index is 12.7. The summed E-state index contributed by atoms with van der Waals surface area (Å²) in [6.45, 7) is 0.670. The minimum absolute atomic E-state index is 0.108. The molecule has 1 aromatic heterocycles. The molecule has 150 valence electrons. The quantitative estimate of drug-likeness (QED) is 0.406. The van der Waals surface area contributed by atoms with Crippen LogP contribution in [0.3, 0.4) is 0 Å². The predicted octanol–water partition coefficient (Wildman–Crippen LogP) is 2.44. The van der Waals surface area contributed by atoms with E-state index in [4.69, 9.17) is 18.9 Å². The highest BCUT2D eigenvalue weighted by molar-refractivity contribution is 7.99. The molecule has 0 aliphatic carbocycles. The molecule has 0 saturated carbocycles. The van der Waals surface area contributed by atoms with Crippen molar-refractivity contribution in [1.82, 2.24) is 20.2 Å². The maximum Gasteiger partial charge on any atom is 0.231 e. The molecule has 2 aromatic carbocycles. The molecule has 10 heteroatoms. The molecule has 0 fully saturated rings. The number of ketones is 1. The van der Waals surface area contributed by atoms with Gasteiger partial charge < -0.3 is 18.9 Å². The standard InChI is InChI=1S/C19H18N4O5S/c1-25-13-4-6-16(26-2)14(8-13)15(24)10-29-19-20-21-22-23(19)9-12-3-5-17-18(7-12)28-11-27-17/h3-8H,9-11H2,1-2H3. The molecule has 0 spiro atoms. The molecule has 4 rings (SSSR count). The minimum atomic E-state index is -0.108. The Kier molecular flexibility index (Phi) is 5.52. The highest BCUT2D eigenvalue weighted by Crippen LogP contribution is 2.33. The average molecular weight is 414 g/mol. The number of nitrogens with zero attached hydrogens (tertiary/aromatic N) is 4. The number of methoxy groups -OCH3 is 2. The fourth-order valence-corrected chi connectivity index (χ4v) is 3.61. The number of aromatic nitrogens is 4. The summed E-state index contributed by atoms with van der Waals surface area (Å²) in [6.07, 6.45) is 0. The van der Waals surface area contributed by atoms with E-state index >= 15 is 0 Å². The topological polar surface area (TPSA) is 97.6 Å². The number of Topliss-reactive ketones (excluding diaryl/α,β-unsaturated/α-hetero) is 1. The Balaban J connectivity index is 1.45. The molecule has 29 heavy (non-hydrogen) atoms. The number of hydrogen-bond acceptors (Lipinski definition) is 9. The number of benzene rings is 2. The Labute approximate surface area is 170 Å². The summed E-state index contributed by atoms with van der Waals surface area (Å²) in [7, 11) is 3.08. The van der Waals surface area contributed by atoms with Crippen molar-refractivity contribution >= 4 is 17.5 Å². The minimum Gasteiger partial charge on any atom is -0.497 e. The molecule has 0 atom stereocenters. The number of fused-ring (bicyclic) bond motifs is 1. The van der Waals surface area contributed by atoms with Crippen LogP contribution in [0.4, 0.5) is 0 Å². The Morgan fingerprint density at radius 1 is 1.14 bits per heavy atom. The fraction of sp³-hybridized carbons (Fsp3) is 0.263. The maximum atomic E-state index is 12.7. The lowest BCUT2D eigenvalue weighted by Gasteiger charge is -2.09. The second-order valence-electron chi connectivity index (χ2n) is 6.08. The first-order chi connectivity index (χ1) is 14.2. The summed E-state index contributed by atoms with van der Waals surface area (Å²) < 4.78 is 22.9. The van der Waals surface area contributed by atoms with Gasteiger partial charge >= 0.3 is 0 Å². The molecule has 0 radical (unpaired) electrons. The van der Waals surface area contributed by atoms with E-state index in [1.165, 1.54) is 18.9 Å². The summed E-state index contributed by atoms with van der Waals surface area (Å²) in [6, 6.07) is 10.8. The zero-order valence-electron chi connectivity index (χ0n) is 15.8. The van der Waals surface area contributed by atoms with Crippen LogP contribution in [-0.2, 0) is 6.54 Å². The predicted molar refractivity (Wildman–Crippen MR) is 104 cm³/mol. The van der Waals surface area contributed by atoms with Crippen molar-refractivity contribution in [3.8, 4) is 23.0 Å². The van der Waals surface area contributed by atoms with Gasteiger partial charge in [-0.2, -0.15) is 0 Å². The van der Waals surface area contributed by atoms with E-state index in [1.54, 1.807) is 30.0 Å². The zero-order chi connectivity index (χ0) is 20.2. The first kappa shape index (κ1) is 19.1. The van der Waals surface area contributed by atoms with Gasteiger partial charge in [-0.3, -0.25) is 4.79 Å². The van der Waals surface area contributed by atoms with E-state index in [0.29, 0.717) is 34.5 Å². The summed E-state index contributed by atoms with van der Waals surface area (Å²) in [5, 5.41) is 12.3. The summed E-state index contributed by atoms with van der Waals surface area (Å²) in [5.41, 5.74) is 1.42. The summed E-state index contributed by atoms with van der Waals surface area (Å²) in [4.78, 5) is 12.7. The van der Waals surface area contributed by atoms with Crippen molar-refractivity contribution in [2.45, 2.75) is 11.7 Å². The molecule has 3 aromatic rings. The number of hydrogen-bond donors (Lipinski definition) is 0. The van der Waals surface area contributed by atoms with E-state index in [-0.39, 0.29) is 18.3 Å². The third-order valence-electron chi connectivity index (χ3n) is 4.31. The van der Waals surface area contributed by atoms with Crippen LogP contribution in [0.15, 0.2) is 41.6 Å². The number of thioether (sulfide) groups is 1. The molecular weight excluding hydrogens is 396 g/mol. The van der Waals surface area contributed by atoms with Crippen LogP contribution in [0.1, 0.15) is 15.9 Å². The highest BCUT2D eigenvalue weighted by atomic mass is 32.2. The van der Waals surface area contributed by atoms with Crippen molar-refractivity contribution < 1.29 is 23.7 Å². The largest absolute Gasteiger partial charge is 0.497 e. The van der Waals surface area contributed by atoms with Gasteiger partial charge in [-0.25, -0.2) is 4.68 Å². The first-order valence-corrected chi connectivity index (χ1v) is 9.69. The van der Waals surface area contributed by atoms with Crippen molar-refractivity contribution in [3.05, 3.63) is 47.5 Å². The Hall–Kier alpha value is -3.27. The lowest BCUT2D eigenvalue weighted by molar-refractivity contribution is 0.101. The number of carbonyl (C=O) groups is 1. The van der Waals surface area contributed by atoms with Crippen LogP contribution in [0.25, 0.3) is 0 Å². The number of tetrazole rings is 1. The van der Waals surface area contributed by atoms with Crippen molar-refractivity contribution in [3.63, 3.8) is 0 Å². The molecule has 2 heterocycles. The van der Waals surface area contributed by atoms with Crippen LogP contribution in [-0.4, -0.2) is 52.8 Å². The molecule has 0 bridgehead atoms. The number of rotatable bonds is 8. The Morgan fingerprint density at radius 3 is 2.83 bits per heavy atom. The van der Waals surface area contributed by atoms with Gasteiger partial charge in [0.1, 0.15) is 11.5 Å². The highest BCUT2D eigenvalue weighted by Gasteiger charge is 2.18. The zero-order valence-corrected chi connectivity index (χ0v) is 16.6. The molecular formula is C19H18N4O5S. The lowest BCUT2D eigenvalue weighted by Crippen LogP contribution is -2.08. The molecule has 0 unspecified atom stereocenters. The van der Waals surface area contributed by atoms with Crippen LogP contribution >= 0.6 is 11.8 Å². The second kappa shape index (κ2) is 8.39. The molecule has 1 aliphatic heterocycles. The van der Waals surface area contributed by atoms with Crippen molar-refractivity contribution in [1.29, 1.82) is 0 Å². The van der Waals surface area contributed by atoms with E-state index < -0.39 is 0 Å². The third kappa shape index (κ3) is 4.11. The second-order valence-corrected chi connectivity index (χ2v) is 7.03. The smallest absolute Gasteiger partial charge is 0.231 e. The van der Waals surface area contributed by atoms with Gasteiger partial charge in [0.15, 0.2) is 17.3 Å². The molecule has 0 saturated heterocycles. The third-order valence-corrected chi connectivity index (χ3v) is 5.26. The van der Waals surface area contributed by atoms with Crippen LogP contribution in [0.2, 0.25) is 0 Å². The van der Waals surface area contributed by atoms with Crippen LogP contribution in [0.5, 0.6) is 23.0 Å². The van der Waals surface area contributed by atoms with Gasteiger partial charge in [0, 0.05) is 0 Å². The van der Waals surface area contributed by atoms with Gasteiger partial charge in [0.05, 0.1) is 32.1 Å². The monoisotopic (exact) mass is 414 g/mol.